The fraction of sp³-hybridized carbons (Fsp3) is 0.333. The maximum Gasteiger partial charge on any atom is 0.338 e. The molecule has 0 unspecified atom stereocenters. The molecule has 9 heteroatoms. The maximum atomic E-state index is 14.6. The van der Waals surface area contributed by atoms with Crippen molar-refractivity contribution in [1.82, 2.24) is 10.6 Å². The predicted molar refractivity (Wildman–Crippen MR) is 104 cm³/mol. The summed E-state index contributed by atoms with van der Waals surface area (Å²) < 4.78 is 38.8. The van der Waals surface area contributed by atoms with Gasteiger partial charge in [0.2, 0.25) is 0 Å². The standard InChI is InChI=1S/C21H21F2N3O4/c1-2-29-20(27)17-15(24-21(28)25-18(17)16-6-4-8-30-16)11-26-7-3-5-12-9-13(22)10-14(23)19(12)26/h4,6,8-10,18H,2-3,5,7,11H2,1H3,(H2,24,25,28)/t18-/m0/s1. The number of rotatable bonds is 5. The minimum absolute atomic E-state index is 0.0499. The molecule has 0 radical (unpaired) electrons. The lowest BCUT2D eigenvalue weighted by atomic mass is 9.97. The SMILES string of the molecule is CCOC(=O)C1=C(CN2CCCc3cc(F)cc(F)c32)NC(=O)N[C@H]1c1ccco1. The van der Waals surface area contributed by atoms with Crippen LogP contribution in [0.2, 0.25) is 0 Å². The molecule has 0 aliphatic carbocycles. The second-order valence-corrected chi connectivity index (χ2v) is 7.08. The third-order valence-electron chi connectivity index (χ3n) is 5.12. The summed E-state index contributed by atoms with van der Waals surface area (Å²) in [5.41, 5.74) is 1.30. The van der Waals surface area contributed by atoms with E-state index in [9.17, 15) is 18.4 Å². The van der Waals surface area contributed by atoms with Gasteiger partial charge < -0.3 is 24.7 Å². The van der Waals surface area contributed by atoms with Crippen LogP contribution in [-0.4, -0.2) is 31.7 Å². The summed E-state index contributed by atoms with van der Waals surface area (Å²) in [5, 5.41) is 5.32. The van der Waals surface area contributed by atoms with Crippen molar-refractivity contribution in [2.45, 2.75) is 25.8 Å². The smallest absolute Gasteiger partial charge is 0.338 e. The Balaban J connectivity index is 1.76. The van der Waals surface area contributed by atoms with E-state index in [2.05, 4.69) is 10.6 Å². The molecule has 0 bridgehead atoms. The van der Waals surface area contributed by atoms with E-state index in [-0.39, 0.29) is 30.1 Å². The Morgan fingerprint density at radius 1 is 1.37 bits per heavy atom. The number of halogens is 2. The maximum absolute atomic E-state index is 14.6. The van der Waals surface area contributed by atoms with E-state index < -0.39 is 29.7 Å². The van der Waals surface area contributed by atoms with E-state index in [0.717, 1.165) is 6.07 Å². The van der Waals surface area contributed by atoms with Crippen molar-refractivity contribution in [3.8, 4) is 0 Å². The predicted octanol–water partition coefficient (Wildman–Crippen LogP) is 3.18. The van der Waals surface area contributed by atoms with Gasteiger partial charge in [-0.15, -0.1) is 0 Å². The number of ether oxygens (including phenoxy) is 1. The molecule has 0 saturated carbocycles. The van der Waals surface area contributed by atoms with Crippen molar-refractivity contribution < 1.29 is 27.5 Å². The van der Waals surface area contributed by atoms with E-state index in [1.54, 1.807) is 24.0 Å². The van der Waals surface area contributed by atoms with Gasteiger partial charge in [-0.2, -0.15) is 0 Å². The zero-order valence-corrected chi connectivity index (χ0v) is 16.3. The third-order valence-corrected chi connectivity index (χ3v) is 5.12. The Labute approximate surface area is 171 Å². The lowest BCUT2D eigenvalue weighted by molar-refractivity contribution is -0.139. The Bertz CT molecular complexity index is 1000. The molecule has 0 spiro atoms. The highest BCUT2D eigenvalue weighted by atomic mass is 19.1. The Morgan fingerprint density at radius 2 is 2.20 bits per heavy atom. The number of carbonyl (C=O) groups is 2. The zero-order valence-electron chi connectivity index (χ0n) is 16.3. The highest BCUT2D eigenvalue weighted by molar-refractivity contribution is 5.95. The number of carbonyl (C=O) groups excluding carboxylic acids is 2. The third kappa shape index (κ3) is 3.74. The Morgan fingerprint density at radius 3 is 2.93 bits per heavy atom. The number of benzene rings is 1. The number of fused-ring (bicyclic) bond motifs is 1. The van der Waals surface area contributed by atoms with Crippen LogP contribution in [0.1, 0.15) is 30.7 Å². The lowest BCUT2D eigenvalue weighted by Gasteiger charge is -2.35. The van der Waals surface area contributed by atoms with Crippen molar-refractivity contribution in [2.24, 2.45) is 0 Å². The molecule has 1 atom stereocenters. The molecule has 3 heterocycles. The molecular formula is C21H21F2N3O4. The molecule has 0 saturated heterocycles. The van der Waals surface area contributed by atoms with Gasteiger partial charge in [-0.3, -0.25) is 0 Å². The summed E-state index contributed by atoms with van der Waals surface area (Å²) in [5.74, 6) is -1.55. The van der Waals surface area contributed by atoms with Gasteiger partial charge in [-0.05, 0) is 43.5 Å². The van der Waals surface area contributed by atoms with Crippen LogP contribution < -0.4 is 15.5 Å². The molecule has 1 aromatic heterocycles. The zero-order chi connectivity index (χ0) is 21.3. The van der Waals surface area contributed by atoms with E-state index in [1.165, 1.54) is 12.3 Å². The monoisotopic (exact) mass is 417 g/mol. The quantitative estimate of drug-likeness (QED) is 0.730. The van der Waals surface area contributed by atoms with Crippen LogP contribution in [0, 0.1) is 11.6 Å². The fourth-order valence-corrected chi connectivity index (χ4v) is 3.95. The average molecular weight is 417 g/mol. The second kappa shape index (κ2) is 8.17. The van der Waals surface area contributed by atoms with Gasteiger partial charge in [0.15, 0.2) is 0 Å². The summed E-state index contributed by atoms with van der Waals surface area (Å²) >= 11 is 0. The molecule has 4 rings (SSSR count). The van der Waals surface area contributed by atoms with Gasteiger partial charge in [0.25, 0.3) is 0 Å². The van der Waals surface area contributed by atoms with E-state index in [1.807, 2.05) is 0 Å². The normalized spacial score (nSPS) is 18.6. The first kappa shape index (κ1) is 19.9. The number of furan rings is 1. The van der Waals surface area contributed by atoms with Gasteiger partial charge >= 0.3 is 12.0 Å². The van der Waals surface area contributed by atoms with Gasteiger partial charge in [0.1, 0.15) is 23.4 Å². The minimum Gasteiger partial charge on any atom is -0.467 e. The molecule has 2 N–H and O–H groups in total. The average Bonchev–Trinajstić information content (AvgIpc) is 3.22. The first-order valence-corrected chi connectivity index (χ1v) is 9.72. The largest absolute Gasteiger partial charge is 0.467 e. The number of urea groups is 1. The van der Waals surface area contributed by atoms with Gasteiger partial charge in [-0.25, -0.2) is 18.4 Å². The number of anilines is 1. The van der Waals surface area contributed by atoms with Crippen molar-refractivity contribution in [3.63, 3.8) is 0 Å². The number of nitrogens with one attached hydrogen (secondary N) is 2. The molecule has 0 fully saturated rings. The molecule has 7 nitrogen and oxygen atoms in total. The van der Waals surface area contributed by atoms with Crippen LogP contribution in [-0.2, 0) is 16.0 Å². The molecule has 2 aromatic rings. The van der Waals surface area contributed by atoms with E-state index in [0.29, 0.717) is 30.7 Å². The topological polar surface area (TPSA) is 83.8 Å². The van der Waals surface area contributed by atoms with Crippen molar-refractivity contribution in [3.05, 3.63) is 64.8 Å². The molecule has 2 amide bonds. The van der Waals surface area contributed by atoms with Crippen LogP contribution in [0.5, 0.6) is 0 Å². The van der Waals surface area contributed by atoms with E-state index >= 15 is 0 Å². The first-order chi connectivity index (χ1) is 14.5. The summed E-state index contributed by atoms with van der Waals surface area (Å²) in [6, 6.07) is 4.09. The van der Waals surface area contributed by atoms with Crippen LogP contribution in [0.15, 0.2) is 46.2 Å². The van der Waals surface area contributed by atoms with E-state index in [4.69, 9.17) is 9.15 Å². The van der Waals surface area contributed by atoms with Gasteiger partial charge in [-0.1, -0.05) is 0 Å². The summed E-state index contributed by atoms with van der Waals surface area (Å²) in [4.78, 5) is 26.8. The Hall–Kier alpha value is -3.36. The molecule has 30 heavy (non-hydrogen) atoms. The van der Waals surface area contributed by atoms with Crippen molar-refractivity contribution in [1.29, 1.82) is 0 Å². The lowest BCUT2D eigenvalue weighted by Crippen LogP contribution is -2.49. The number of esters is 1. The summed E-state index contributed by atoms with van der Waals surface area (Å²) in [6.07, 6.45) is 2.68. The highest BCUT2D eigenvalue weighted by Crippen LogP contribution is 2.33. The van der Waals surface area contributed by atoms with Crippen LogP contribution >= 0.6 is 0 Å². The van der Waals surface area contributed by atoms with Crippen LogP contribution in [0.25, 0.3) is 0 Å². The number of aryl methyl sites for hydroxylation is 1. The molecule has 158 valence electrons. The second-order valence-electron chi connectivity index (χ2n) is 7.08. The summed E-state index contributed by atoms with van der Waals surface area (Å²) in [6.45, 7) is 2.37. The number of amides is 2. The van der Waals surface area contributed by atoms with Crippen molar-refractivity contribution in [2.75, 3.05) is 24.6 Å². The minimum atomic E-state index is -0.842. The molecular weight excluding hydrogens is 396 g/mol. The van der Waals surface area contributed by atoms with Crippen molar-refractivity contribution >= 4 is 17.7 Å². The Kier molecular flexibility index (Phi) is 5.43. The molecule has 2 aliphatic heterocycles. The van der Waals surface area contributed by atoms with Crippen LogP contribution in [0.4, 0.5) is 19.3 Å². The number of hydrogen-bond donors (Lipinski definition) is 2. The summed E-state index contributed by atoms with van der Waals surface area (Å²) in [7, 11) is 0. The number of hydrogen-bond acceptors (Lipinski definition) is 5. The van der Waals surface area contributed by atoms with Gasteiger partial charge in [0, 0.05) is 12.6 Å². The fourth-order valence-electron chi connectivity index (χ4n) is 3.95. The highest BCUT2D eigenvalue weighted by Gasteiger charge is 2.36. The van der Waals surface area contributed by atoms with Crippen LogP contribution in [0.3, 0.4) is 0 Å². The number of nitrogens with zero attached hydrogens (tertiary/aromatic N) is 1. The molecule has 2 aliphatic rings. The first-order valence-electron chi connectivity index (χ1n) is 9.72. The molecule has 1 aromatic carbocycles. The van der Waals surface area contributed by atoms with Gasteiger partial charge in [0.05, 0.1) is 36.4 Å².